The number of hydrogen-bond acceptors (Lipinski definition) is 4. The van der Waals surface area contributed by atoms with Gasteiger partial charge in [-0.1, -0.05) is 42.5 Å². The number of rotatable bonds is 6. The van der Waals surface area contributed by atoms with Crippen LogP contribution in [0.5, 0.6) is 0 Å². The minimum atomic E-state index is 0.0339. The maximum absolute atomic E-state index is 12.5. The van der Waals surface area contributed by atoms with E-state index in [1.54, 1.807) is 6.26 Å². The van der Waals surface area contributed by atoms with E-state index >= 15 is 0 Å². The second-order valence-corrected chi connectivity index (χ2v) is 7.41. The first-order valence-electron chi connectivity index (χ1n) is 9.94. The first-order chi connectivity index (χ1) is 13.7. The van der Waals surface area contributed by atoms with E-state index in [2.05, 4.69) is 52.7 Å². The SMILES string of the molecule is C[C@@H](NCC(=O)N1CCN(Cc2cccc3ccccc23)CC1)c1ccco1. The van der Waals surface area contributed by atoms with Crippen molar-refractivity contribution in [3.8, 4) is 0 Å². The van der Waals surface area contributed by atoms with E-state index in [1.807, 2.05) is 24.0 Å². The van der Waals surface area contributed by atoms with Crippen LogP contribution in [-0.2, 0) is 11.3 Å². The van der Waals surface area contributed by atoms with Gasteiger partial charge in [0, 0.05) is 32.7 Å². The molecule has 0 saturated carbocycles. The smallest absolute Gasteiger partial charge is 0.236 e. The largest absolute Gasteiger partial charge is 0.468 e. The first kappa shape index (κ1) is 18.7. The summed E-state index contributed by atoms with van der Waals surface area (Å²) in [5.74, 6) is 1.01. The van der Waals surface area contributed by atoms with Crippen LogP contribution in [-0.4, -0.2) is 48.4 Å². The molecule has 28 heavy (non-hydrogen) atoms. The molecule has 5 nitrogen and oxygen atoms in total. The lowest BCUT2D eigenvalue weighted by molar-refractivity contribution is -0.132. The quantitative estimate of drug-likeness (QED) is 0.715. The number of piperazine rings is 1. The van der Waals surface area contributed by atoms with Crippen LogP contribution < -0.4 is 5.32 Å². The van der Waals surface area contributed by atoms with Crippen LogP contribution in [0.25, 0.3) is 10.8 Å². The number of carbonyl (C=O) groups excluding carboxylic acids is 1. The lowest BCUT2D eigenvalue weighted by Gasteiger charge is -2.35. The molecule has 146 valence electrons. The van der Waals surface area contributed by atoms with E-state index < -0.39 is 0 Å². The molecule has 1 N–H and O–H groups in total. The van der Waals surface area contributed by atoms with Crippen molar-refractivity contribution in [1.29, 1.82) is 0 Å². The molecule has 1 aromatic heterocycles. The molecule has 1 atom stereocenters. The van der Waals surface area contributed by atoms with Gasteiger partial charge in [0.05, 0.1) is 18.8 Å². The Hall–Kier alpha value is -2.63. The summed E-state index contributed by atoms with van der Waals surface area (Å²) in [6.45, 7) is 6.64. The van der Waals surface area contributed by atoms with Gasteiger partial charge in [-0.2, -0.15) is 0 Å². The van der Waals surface area contributed by atoms with Gasteiger partial charge in [0.15, 0.2) is 0 Å². The summed E-state index contributed by atoms with van der Waals surface area (Å²) in [6.07, 6.45) is 1.66. The lowest BCUT2D eigenvalue weighted by Crippen LogP contribution is -2.50. The van der Waals surface area contributed by atoms with Gasteiger partial charge in [0.2, 0.25) is 5.91 Å². The van der Waals surface area contributed by atoms with Gasteiger partial charge < -0.3 is 9.32 Å². The topological polar surface area (TPSA) is 48.7 Å². The molecular formula is C23H27N3O2. The molecule has 0 aliphatic carbocycles. The molecule has 2 aromatic carbocycles. The summed E-state index contributed by atoms with van der Waals surface area (Å²) in [6, 6.07) is 18.8. The van der Waals surface area contributed by atoms with Gasteiger partial charge in [0.1, 0.15) is 5.76 Å². The van der Waals surface area contributed by atoms with Gasteiger partial charge in [-0.15, -0.1) is 0 Å². The van der Waals surface area contributed by atoms with Crippen LogP contribution in [0.1, 0.15) is 24.3 Å². The van der Waals surface area contributed by atoms with Crippen molar-refractivity contribution in [3.05, 3.63) is 72.2 Å². The molecular weight excluding hydrogens is 350 g/mol. The van der Waals surface area contributed by atoms with Crippen molar-refractivity contribution in [2.24, 2.45) is 0 Å². The highest BCUT2D eigenvalue weighted by Crippen LogP contribution is 2.20. The van der Waals surface area contributed by atoms with Crippen molar-refractivity contribution < 1.29 is 9.21 Å². The normalized spacial score (nSPS) is 16.4. The Labute approximate surface area is 165 Å². The Bertz CT molecular complexity index is 909. The first-order valence-corrected chi connectivity index (χ1v) is 9.94. The molecule has 0 bridgehead atoms. The summed E-state index contributed by atoms with van der Waals surface area (Å²) in [5, 5.41) is 5.86. The average molecular weight is 377 g/mol. The van der Waals surface area contributed by atoms with E-state index in [9.17, 15) is 4.79 Å². The second-order valence-electron chi connectivity index (χ2n) is 7.41. The molecule has 4 rings (SSSR count). The van der Waals surface area contributed by atoms with Crippen LogP contribution >= 0.6 is 0 Å². The van der Waals surface area contributed by atoms with E-state index in [4.69, 9.17) is 4.42 Å². The third-order valence-electron chi connectivity index (χ3n) is 5.53. The standard InChI is InChI=1S/C23H27N3O2/c1-18(22-10-5-15-28-22)24-16-23(27)26-13-11-25(12-14-26)17-20-8-4-7-19-6-2-3-9-21(19)20/h2-10,15,18,24H,11-14,16-17H2,1H3/t18-/m1/s1. The van der Waals surface area contributed by atoms with E-state index in [1.165, 1.54) is 16.3 Å². The highest BCUT2D eigenvalue weighted by Gasteiger charge is 2.22. The molecule has 1 aliphatic heterocycles. The Balaban J connectivity index is 1.28. The summed E-state index contributed by atoms with van der Waals surface area (Å²) in [7, 11) is 0. The van der Waals surface area contributed by atoms with E-state index in [-0.39, 0.29) is 11.9 Å². The molecule has 1 saturated heterocycles. The minimum absolute atomic E-state index is 0.0339. The van der Waals surface area contributed by atoms with Crippen LogP contribution in [0.15, 0.2) is 65.3 Å². The predicted octanol–water partition coefficient (Wildman–Crippen LogP) is 3.43. The highest BCUT2D eigenvalue weighted by atomic mass is 16.3. The number of nitrogens with one attached hydrogen (secondary N) is 1. The number of benzene rings is 2. The summed E-state index contributed by atoms with van der Waals surface area (Å²) >= 11 is 0. The number of nitrogens with zero attached hydrogens (tertiary/aromatic N) is 2. The summed E-state index contributed by atoms with van der Waals surface area (Å²) in [5.41, 5.74) is 1.35. The molecule has 5 heteroatoms. The fourth-order valence-electron chi connectivity index (χ4n) is 3.82. The van der Waals surface area contributed by atoms with Crippen LogP contribution in [0, 0.1) is 0 Å². The van der Waals surface area contributed by atoms with Crippen LogP contribution in [0.3, 0.4) is 0 Å². The Morgan fingerprint density at radius 3 is 2.61 bits per heavy atom. The van der Waals surface area contributed by atoms with Crippen molar-refractivity contribution in [2.45, 2.75) is 19.5 Å². The zero-order valence-electron chi connectivity index (χ0n) is 16.3. The Morgan fingerprint density at radius 2 is 1.82 bits per heavy atom. The fourth-order valence-corrected chi connectivity index (χ4v) is 3.82. The molecule has 2 heterocycles. The Morgan fingerprint density at radius 1 is 1.04 bits per heavy atom. The van der Waals surface area contributed by atoms with Gasteiger partial charge in [0.25, 0.3) is 0 Å². The molecule has 1 amide bonds. The second kappa shape index (κ2) is 8.59. The van der Waals surface area contributed by atoms with Gasteiger partial charge in [-0.05, 0) is 35.4 Å². The van der Waals surface area contributed by atoms with E-state index in [0.29, 0.717) is 6.54 Å². The number of furan rings is 1. The van der Waals surface area contributed by atoms with E-state index in [0.717, 1.165) is 38.5 Å². The van der Waals surface area contributed by atoms with Crippen molar-refractivity contribution in [3.63, 3.8) is 0 Å². The number of carbonyl (C=O) groups is 1. The number of fused-ring (bicyclic) bond motifs is 1. The molecule has 0 unspecified atom stereocenters. The monoisotopic (exact) mass is 377 g/mol. The average Bonchev–Trinajstić information content (AvgIpc) is 3.28. The molecule has 1 fully saturated rings. The maximum atomic E-state index is 12.5. The predicted molar refractivity (Wildman–Crippen MR) is 111 cm³/mol. The van der Waals surface area contributed by atoms with Crippen molar-refractivity contribution >= 4 is 16.7 Å². The van der Waals surface area contributed by atoms with Crippen molar-refractivity contribution in [2.75, 3.05) is 32.7 Å². The van der Waals surface area contributed by atoms with Gasteiger partial charge >= 0.3 is 0 Å². The third kappa shape index (κ3) is 4.26. The molecule has 1 aliphatic rings. The van der Waals surface area contributed by atoms with Crippen LogP contribution in [0.2, 0.25) is 0 Å². The zero-order chi connectivity index (χ0) is 19.3. The Kier molecular flexibility index (Phi) is 5.74. The summed E-state index contributed by atoms with van der Waals surface area (Å²) in [4.78, 5) is 16.9. The lowest BCUT2D eigenvalue weighted by atomic mass is 10.0. The zero-order valence-corrected chi connectivity index (χ0v) is 16.3. The minimum Gasteiger partial charge on any atom is -0.468 e. The summed E-state index contributed by atoms with van der Waals surface area (Å²) < 4.78 is 5.38. The molecule has 0 spiro atoms. The van der Waals surface area contributed by atoms with Crippen LogP contribution in [0.4, 0.5) is 0 Å². The third-order valence-corrected chi connectivity index (χ3v) is 5.53. The van der Waals surface area contributed by atoms with Gasteiger partial charge in [-0.25, -0.2) is 0 Å². The number of hydrogen-bond donors (Lipinski definition) is 1. The maximum Gasteiger partial charge on any atom is 0.236 e. The highest BCUT2D eigenvalue weighted by molar-refractivity contribution is 5.85. The molecule has 0 radical (unpaired) electrons. The fraction of sp³-hybridized carbons (Fsp3) is 0.348. The molecule has 3 aromatic rings. The van der Waals surface area contributed by atoms with Gasteiger partial charge in [-0.3, -0.25) is 15.0 Å². The number of amides is 1. The van der Waals surface area contributed by atoms with Crippen molar-refractivity contribution in [1.82, 2.24) is 15.1 Å².